The summed E-state index contributed by atoms with van der Waals surface area (Å²) in [5, 5.41) is 10.2. The highest BCUT2D eigenvalue weighted by molar-refractivity contribution is 7.99. The number of nitrogens with two attached hydrogens (primary N) is 1. The average Bonchev–Trinajstić information content (AvgIpc) is 2.28. The number of thioether (sulfide) groups is 1. The van der Waals surface area contributed by atoms with E-state index in [2.05, 4.69) is 29.9 Å². The second kappa shape index (κ2) is 5.87. The minimum Gasteiger partial charge on any atom is -0.382 e. The van der Waals surface area contributed by atoms with E-state index < -0.39 is 0 Å². The number of nitrogens with zero attached hydrogens (tertiary/aromatic N) is 3. The Balaban J connectivity index is 3.16. The first-order valence-corrected chi connectivity index (χ1v) is 6.61. The quantitative estimate of drug-likeness (QED) is 0.656. The number of anilines is 1. The van der Waals surface area contributed by atoms with Crippen molar-refractivity contribution >= 4 is 17.6 Å². The molecule has 0 radical (unpaired) electrons. The molecular weight excluding hydrogens is 232 g/mol. The van der Waals surface area contributed by atoms with Gasteiger partial charge in [0.15, 0.2) is 5.16 Å². The normalized spacial score (nSPS) is 12.5. The number of rotatable bonds is 4. The lowest BCUT2D eigenvalue weighted by atomic mass is 10.1. The Kier molecular flexibility index (Phi) is 4.76. The van der Waals surface area contributed by atoms with E-state index in [-0.39, 0.29) is 11.7 Å². The van der Waals surface area contributed by atoms with Crippen molar-refractivity contribution in [2.75, 3.05) is 5.73 Å². The van der Waals surface area contributed by atoms with Crippen LogP contribution in [0.3, 0.4) is 0 Å². The Morgan fingerprint density at radius 3 is 2.47 bits per heavy atom. The van der Waals surface area contributed by atoms with E-state index in [4.69, 9.17) is 11.0 Å². The molecule has 0 unspecified atom stereocenters. The third-order valence-electron chi connectivity index (χ3n) is 2.48. The number of aromatic nitrogens is 2. The molecule has 1 rings (SSSR count). The average molecular weight is 250 g/mol. The van der Waals surface area contributed by atoms with Crippen molar-refractivity contribution in [3.63, 3.8) is 0 Å². The molecule has 17 heavy (non-hydrogen) atoms. The molecule has 0 aliphatic heterocycles. The highest BCUT2D eigenvalue weighted by atomic mass is 32.2. The van der Waals surface area contributed by atoms with Crippen LogP contribution in [0.1, 0.15) is 51.3 Å². The fourth-order valence-corrected chi connectivity index (χ4v) is 2.15. The predicted molar refractivity (Wildman–Crippen MR) is 70.9 cm³/mol. The van der Waals surface area contributed by atoms with Crippen LogP contribution in [-0.4, -0.2) is 15.2 Å². The van der Waals surface area contributed by atoms with E-state index in [0.29, 0.717) is 16.0 Å². The van der Waals surface area contributed by atoms with Crippen LogP contribution in [0.2, 0.25) is 0 Å². The van der Waals surface area contributed by atoms with Crippen molar-refractivity contribution in [1.29, 1.82) is 5.26 Å². The molecule has 1 heterocycles. The summed E-state index contributed by atoms with van der Waals surface area (Å²) >= 11 is 1.60. The van der Waals surface area contributed by atoms with Gasteiger partial charge in [0.25, 0.3) is 0 Å². The van der Waals surface area contributed by atoms with Crippen LogP contribution in [0, 0.1) is 11.3 Å². The van der Waals surface area contributed by atoms with Gasteiger partial charge in [-0.15, -0.1) is 0 Å². The summed E-state index contributed by atoms with van der Waals surface area (Å²) in [5.41, 5.74) is 6.95. The Morgan fingerprint density at radius 2 is 2.00 bits per heavy atom. The summed E-state index contributed by atoms with van der Waals surface area (Å²) < 4.78 is 0. The second-order valence-corrected chi connectivity index (χ2v) is 5.66. The van der Waals surface area contributed by atoms with Gasteiger partial charge in [-0.1, -0.05) is 39.5 Å². The molecule has 0 aliphatic rings. The van der Waals surface area contributed by atoms with Gasteiger partial charge >= 0.3 is 0 Å². The van der Waals surface area contributed by atoms with E-state index in [1.54, 1.807) is 11.8 Å². The fourth-order valence-electron chi connectivity index (χ4n) is 1.32. The Morgan fingerprint density at radius 1 is 1.35 bits per heavy atom. The van der Waals surface area contributed by atoms with Gasteiger partial charge < -0.3 is 5.73 Å². The molecule has 1 aromatic heterocycles. The minimum atomic E-state index is 0.172. The van der Waals surface area contributed by atoms with Crippen molar-refractivity contribution in [2.24, 2.45) is 0 Å². The van der Waals surface area contributed by atoms with Gasteiger partial charge in [0.1, 0.15) is 17.5 Å². The zero-order valence-corrected chi connectivity index (χ0v) is 11.5. The number of hydrogen-bond acceptors (Lipinski definition) is 5. The van der Waals surface area contributed by atoms with E-state index in [9.17, 15) is 0 Å². The smallest absolute Gasteiger partial charge is 0.190 e. The van der Waals surface area contributed by atoms with Crippen LogP contribution in [0.25, 0.3) is 0 Å². The summed E-state index contributed by atoms with van der Waals surface area (Å²) in [4.78, 5) is 8.62. The van der Waals surface area contributed by atoms with Gasteiger partial charge in [-0.05, 0) is 12.3 Å². The van der Waals surface area contributed by atoms with Crippen molar-refractivity contribution in [3.05, 3.63) is 11.3 Å². The Bertz CT molecular complexity index is 437. The van der Waals surface area contributed by atoms with Crippen molar-refractivity contribution in [2.45, 2.75) is 50.4 Å². The molecule has 2 N–H and O–H groups in total. The van der Waals surface area contributed by atoms with Crippen LogP contribution < -0.4 is 5.73 Å². The molecule has 1 aromatic rings. The maximum atomic E-state index is 9.05. The lowest BCUT2D eigenvalue weighted by molar-refractivity contribution is 0.773. The highest BCUT2D eigenvalue weighted by Crippen LogP contribution is 2.27. The lowest BCUT2D eigenvalue weighted by Crippen LogP contribution is -2.07. The lowest BCUT2D eigenvalue weighted by Gasteiger charge is -2.12. The van der Waals surface area contributed by atoms with Crippen LogP contribution in [0.5, 0.6) is 0 Å². The van der Waals surface area contributed by atoms with Gasteiger partial charge in [-0.2, -0.15) is 5.26 Å². The largest absolute Gasteiger partial charge is 0.382 e. The van der Waals surface area contributed by atoms with Gasteiger partial charge in [0, 0.05) is 5.25 Å². The topological polar surface area (TPSA) is 75.6 Å². The number of nitriles is 1. The standard InChI is InChI=1S/C12H18N4S/c1-5-8(4)17-12-15-10(7(2)3)9(6-13)11(14)16-12/h7-8H,5H2,1-4H3,(H2,14,15,16)/t8-/m1/s1. The van der Waals surface area contributed by atoms with Gasteiger partial charge in [-0.3, -0.25) is 0 Å². The fraction of sp³-hybridized carbons (Fsp3) is 0.583. The van der Waals surface area contributed by atoms with E-state index in [0.717, 1.165) is 12.1 Å². The molecule has 0 spiro atoms. The Hall–Kier alpha value is -1.28. The van der Waals surface area contributed by atoms with Gasteiger partial charge in [0.2, 0.25) is 0 Å². The maximum Gasteiger partial charge on any atom is 0.190 e. The first-order chi connectivity index (χ1) is 7.99. The van der Waals surface area contributed by atoms with Gasteiger partial charge in [0.05, 0.1) is 5.69 Å². The van der Waals surface area contributed by atoms with Crippen LogP contribution in [0.15, 0.2) is 5.16 Å². The van der Waals surface area contributed by atoms with Crippen molar-refractivity contribution < 1.29 is 0 Å². The number of hydrogen-bond donors (Lipinski definition) is 1. The molecule has 4 nitrogen and oxygen atoms in total. The summed E-state index contributed by atoms with van der Waals surface area (Å²) in [6, 6.07) is 2.08. The Labute approximate surface area is 107 Å². The van der Waals surface area contributed by atoms with E-state index in [1.165, 1.54) is 0 Å². The first-order valence-electron chi connectivity index (χ1n) is 5.73. The molecule has 0 saturated heterocycles. The molecule has 0 aromatic carbocycles. The van der Waals surface area contributed by atoms with Gasteiger partial charge in [-0.25, -0.2) is 9.97 Å². The molecule has 0 amide bonds. The van der Waals surface area contributed by atoms with Crippen molar-refractivity contribution in [1.82, 2.24) is 9.97 Å². The summed E-state index contributed by atoms with van der Waals surface area (Å²) in [6.07, 6.45) is 1.05. The molecule has 0 bridgehead atoms. The summed E-state index contributed by atoms with van der Waals surface area (Å²) in [5.74, 6) is 0.461. The highest BCUT2D eigenvalue weighted by Gasteiger charge is 2.16. The molecule has 1 atom stereocenters. The first kappa shape index (κ1) is 13.8. The maximum absolute atomic E-state index is 9.05. The predicted octanol–water partition coefficient (Wildman–Crippen LogP) is 2.94. The summed E-state index contributed by atoms with van der Waals surface area (Å²) in [7, 11) is 0. The summed E-state index contributed by atoms with van der Waals surface area (Å²) in [6.45, 7) is 8.24. The molecular formula is C12H18N4S. The number of nitrogen functional groups attached to an aromatic ring is 1. The van der Waals surface area contributed by atoms with Crippen LogP contribution in [-0.2, 0) is 0 Å². The van der Waals surface area contributed by atoms with Crippen molar-refractivity contribution in [3.8, 4) is 6.07 Å². The molecule has 0 fully saturated rings. The van der Waals surface area contributed by atoms with E-state index >= 15 is 0 Å². The minimum absolute atomic E-state index is 0.172. The molecule has 0 aliphatic carbocycles. The zero-order valence-electron chi connectivity index (χ0n) is 10.7. The van der Waals surface area contributed by atoms with Crippen LogP contribution in [0.4, 0.5) is 5.82 Å². The molecule has 0 saturated carbocycles. The SMILES string of the molecule is CC[C@@H](C)Sc1nc(N)c(C#N)c(C(C)C)n1. The third kappa shape index (κ3) is 3.34. The molecule has 92 valence electrons. The van der Waals surface area contributed by atoms with E-state index in [1.807, 2.05) is 13.8 Å². The second-order valence-electron chi connectivity index (χ2n) is 4.25. The third-order valence-corrected chi connectivity index (χ3v) is 3.61. The zero-order chi connectivity index (χ0) is 13.0. The molecule has 5 heteroatoms. The van der Waals surface area contributed by atoms with Crippen LogP contribution >= 0.6 is 11.8 Å². The monoisotopic (exact) mass is 250 g/mol.